The van der Waals surface area contributed by atoms with Gasteiger partial charge in [-0.25, -0.2) is 4.98 Å². The molecule has 0 radical (unpaired) electrons. The highest BCUT2D eigenvalue weighted by Gasteiger charge is 2.33. The number of likely N-dealkylation sites (tertiary alicyclic amines) is 1. The molecular formula is C21H30N2O4. The molecule has 148 valence electrons. The molecule has 1 aliphatic rings. The molecule has 0 spiro atoms. The molecule has 1 aliphatic heterocycles. The van der Waals surface area contributed by atoms with Gasteiger partial charge >= 0.3 is 0 Å². The smallest absolute Gasteiger partial charge is 0.226 e. The molecule has 3 rings (SSSR count). The number of nitrogens with zero attached hydrogens (tertiary/aromatic N) is 2. The van der Waals surface area contributed by atoms with Crippen LogP contribution < -0.4 is 4.74 Å². The van der Waals surface area contributed by atoms with Gasteiger partial charge in [-0.15, -0.1) is 0 Å². The molecule has 1 saturated heterocycles. The van der Waals surface area contributed by atoms with Gasteiger partial charge in [0.25, 0.3) is 0 Å². The minimum atomic E-state index is -0.467. The Morgan fingerprint density at radius 1 is 1.22 bits per heavy atom. The number of rotatable bonds is 6. The van der Waals surface area contributed by atoms with Gasteiger partial charge in [-0.05, 0) is 57.9 Å². The number of hydrogen-bond donors (Lipinski definition) is 1. The fourth-order valence-electron chi connectivity index (χ4n) is 3.60. The maximum absolute atomic E-state index is 10.2. The highest BCUT2D eigenvalue weighted by Crippen LogP contribution is 2.32. The van der Waals surface area contributed by atoms with E-state index in [0.29, 0.717) is 25.5 Å². The average Bonchev–Trinajstić information content (AvgIpc) is 3.12. The van der Waals surface area contributed by atoms with Crippen LogP contribution in [0.3, 0.4) is 0 Å². The summed E-state index contributed by atoms with van der Waals surface area (Å²) in [5.74, 6) is 2.29. The second-order valence-corrected chi connectivity index (χ2v) is 7.57. The number of aliphatic hydroxyl groups excluding tert-OH is 1. The number of ether oxygens (including phenoxy) is 2. The minimum Gasteiger partial charge on any atom is -0.496 e. The summed E-state index contributed by atoms with van der Waals surface area (Å²) in [7, 11) is 1.68. The lowest BCUT2D eigenvalue weighted by Crippen LogP contribution is -2.29. The number of hydrogen-bond acceptors (Lipinski definition) is 6. The van der Waals surface area contributed by atoms with Crippen LogP contribution in [0.1, 0.15) is 36.4 Å². The first-order valence-electron chi connectivity index (χ1n) is 9.46. The third kappa shape index (κ3) is 4.18. The van der Waals surface area contributed by atoms with E-state index in [-0.39, 0.29) is 12.2 Å². The van der Waals surface area contributed by atoms with E-state index in [1.807, 2.05) is 39.8 Å². The molecule has 6 nitrogen and oxygen atoms in total. The van der Waals surface area contributed by atoms with Gasteiger partial charge < -0.3 is 19.0 Å². The molecule has 0 saturated carbocycles. The van der Waals surface area contributed by atoms with E-state index >= 15 is 0 Å². The number of aryl methyl sites for hydroxylation is 1. The Morgan fingerprint density at radius 2 is 1.96 bits per heavy atom. The lowest BCUT2D eigenvalue weighted by atomic mass is 10.0. The zero-order chi connectivity index (χ0) is 19.7. The summed E-state index contributed by atoms with van der Waals surface area (Å²) < 4.78 is 17.2. The van der Waals surface area contributed by atoms with Gasteiger partial charge in [0.05, 0.1) is 31.1 Å². The Morgan fingerprint density at radius 3 is 2.63 bits per heavy atom. The van der Waals surface area contributed by atoms with Crippen LogP contribution in [0.25, 0.3) is 11.5 Å². The standard InChI is InChI=1S/C21H30N2O4/c1-12(2)26-20-11-23(10-18(20)24)9-17-15(5)27-21(22-17)16-7-8-19(25-6)14(4)13(16)3/h7-8,12,18,20,24H,9-11H2,1-6H3/t18-,20-/m0/s1. The molecule has 0 aliphatic carbocycles. The average molecular weight is 374 g/mol. The van der Waals surface area contributed by atoms with Crippen molar-refractivity contribution >= 4 is 0 Å². The summed E-state index contributed by atoms with van der Waals surface area (Å²) in [6, 6.07) is 3.93. The summed E-state index contributed by atoms with van der Waals surface area (Å²) in [5, 5.41) is 10.2. The van der Waals surface area contributed by atoms with Gasteiger partial charge in [0.15, 0.2) is 0 Å². The van der Waals surface area contributed by atoms with Crippen LogP contribution in [0.15, 0.2) is 16.5 Å². The second kappa shape index (κ2) is 8.00. The number of aliphatic hydroxyl groups is 1. The molecule has 0 unspecified atom stereocenters. The van der Waals surface area contributed by atoms with E-state index in [0.717, 1.165) is 33.9 Å². The van der Waals surface area contributed by atoms with Crippen molar-refractivity contribution < 1.29 is 19.0 Å². The lowest BCUT2D eigenvalue weighted by Gasteiger charge is -2.17. The van der Waals surface area contributed by atoms with E-state index in [1.165, 1.54) is 0 Å². The van der Waals surface area contributed by atoms with E-state index in [9.17, 15) is 5.11 Å². The number of aromatic nitrogens is 1. The molecule has 1 fully saturated rings. The van der Waals surface area contributed by atoms with Crippen LogP contribution in [0.2, 0.25) is 0 Å². The van der Waals surface area contributed by atoms with Crippen LogP contribution >= 0.6 is 0 Å². The van der Waals surface area contributed by atoms with Crippen LogP contribution in [0.5, 0.6) is 5.75 Å². The van der Waals surface area contributed by atoms with Crippen molar-refractivity contribution in [1.29, 1.82) is 0 Å². The highest BCUT2D eigenvalue weighted by molar-refractivity contribution is 5.63. The minimum absolute atomic E-state index is 0.103. The third-order valence-corrected chi connectivity index (χ3v) is 5.21. The van der Waals surface area contributed by atoms with Crippen molar-refractivity contribution in [3.05, 3.63) is 34.7 Å². The van der Waals surface area contributed by atoms with Crippen LogP contribution in [0.4, 0.5) is 0 Å². The van der Waals surface area contributed by atoms with Crippen molar-refractivity contribution in [2.75, 3.05) is 20.2 Å². The SMILES string of the molecule is COc1ccc(-c2nc(CN3C[C@H](OC(C)C)[C@@H](O)C3)c(C)o2)c(C)c1C. The fraction of sp³-hybridized carbons (Fsp3) is 0.571. The zero-order valence-corrected chi connectivity index (χ0v) is 17.1. The number of methoxy groups -OCH3 is 1. The Kier molecular flexibility index (Phi) is 5.89. The summed E-state index contributed by atoms with van der Waals surface area (Å²) >= 11 is 0. The van der Waals surface area contributed by atoms with E-state index in [1.54, 1.807) is 7.11 Å². The molecule has 2 heterocycles. The number of oxazole rings is 1. The topological polar surface area (TPSA) is 68.0 Å². The van der Waals surface area contributed by atoms with Crippen molar-refractivity contribution in [2.24, 2.45) is 0 Å². The van der Waals surface area contributed by atoms with Crippen LogP contribution in [-0.2, 0) is 11.3 Å². The molecule has 1 N–H and O–H groups in total. The zero-order valence-electron chi connectivity index (χ0n) is 17.1. The predicted octanol–water partition coefficient (Wildman–Crippen LogP) is 3.25. The molecule has 0 bridgehead atoms. The maximum Gasteiger partial charge on any atom is 0.226 e. The van der Waals surface area contributed by atoms with E-state index < -0.39 is 6.10 Å². The Hall–Kier alpha value is -1.89. The highest BCUT2D eigenvalue weighted by atomic mass is 16.5. The number of β-amino-alcohol motifs (C(OH)–C–C–N with tert-alkyl or cyclic N) is 1. The molecule has 2 atom stereocenters. The summed E-state index contributed by atoms with van der Waals surface area (Å²) in [4.78, 5) is 6.91. The largest absolute Gasteiger partial charge is 0.496 e. The van der Waals surface area contributed by atoms with Gasteiger partial charge in [-0.1, -0.05) is 0 Å². The predicted molar refractivity (Wildman–Crippen MR) is 104 cm³/mol. The molecule has 6 heteroatoms. The van der Waals surface area contributed by atoms with Gasteiger partial charge in [-0.2, -0.15) is 0 Å². The van der Waals surface area contributed by atoms with E-state index in [2.05, 4.69) is 11.8 Å². The number of benzene rings is 1. The van der Waals surface area contributed by atoms with Gasteiger partial charge in [0, 0.05) is 25.2 Å². The quantitative estimate of drug-likeness (QED) is 0.837. The van der Waals surface area contributed by atoms with Crippen molar-refractivity contribution in [1.82, 2.24) is 9.88 Å². The van der Waals surface area contributed by atoms with E-state index in [4.69, 9.17) is 18.9 Å². The Labute approximate surface area is 161 Å². The van der Waals surface area contributed by atoms with Crippen molar-refractivity contribution in [3.8, 4) is 17.2 Å². The van der Waals surface area contributed by atoms with Gasteiger partial charge in [0.2, 0.25) is 5.89 Å². The summed E-state index contributed by atoms with van der Waals surface area (Å²) in [6.45, 7) is 11.9. The Balaban J connectivity index is 1.77. The normalized spacial score (nSPS) is 20.6. The van der Waals surface area contributed by atoms with Gasteiger partial charge in [0.1, 0.15) is 11.5 Å². The van der Waals surface area contributed by atoms with Crippen molar-refractivity contribution in [2.45, 2.75) is 59.5 Å². The van der Waals surface area contributed by atoms with Gasteiger partial charge in [-0.3, -0.25) is 4.90 Å². The van der Waals surface area contributed by atoms with Crippen LogP contribution in [0, 0.1) is 20.8 Å². The maximum atomic E-state index is 10.2. The molecule has 1 aromatic heterocycles. The molecule has 1 aromatic carbocycles. The molecule has 2 aromatic rings. The first kappa shape index (κ1) is 19.9. The molecule has 0 amide bonds. The first-order valence-corrected chi connectivity index (χ1v) is 9.46. The van der Waals surface area contributed by atoms with Crippen LogP contribution in [-0.4, -0.2) is 53.5 Å². The first-order chi connectivity index (χ1) is 12.8. The monoisotopic (exact) mass is 374 g/mol. The summed E-state index contributed by atoms with van der Waals surface area (Å²) in [5.41, 5.74) is 4.06. The molecular weight excluding hydrogens is 344 g/mol. The second-order valence-electron chi connectivity index (χ2n) is 7.57. The third-order valence-electron chi connectivity index (χ3n) is 5.21. The lowest BCUT2D eigenvalue weighted by molar-refractivity contribution is -0.0396. The van der Waals surface area contributed by atoms with Crippen molar-refractivity contribution in [3.63, 3.8) is 0 Å². The molecule has 27 heavy (non-hydrogen) atoms. The summed E-state index contributed by atoms with van der Waals surface area (Å²) in [6.07, 6.45) is -0.514. The Bertz CT molecular complexity index is 800. The fourth-order valence-corrected chi connectivity index (χ4v) is 3.60.